The zero-order chi connectivity index (χ0) is 24.6. The van der Waals surface area contributed by atoms with Gasteiger partial charge in [-0.2, -0.15) is 15.3 Å². The second-order valence-electron chi connectivity index (χ2n) is 8.26. The van der Waals surface area contributed by atoms with E-state index in [0.29, 0.717) is 17.1 Å². The summed E-state index contributed by atoms with van der Waals surface area (Å²) in [6.07, 6.45) is 3.48. The number of anilines is 1. The first-order valence-electron chi connectivity index (χ1n) is 12.1. The summed E-state index contributed by atoms with van der Waals surface area (Å²) in [5, 5.41) is 17.9. The van der Waals surface area contributed by atoms with Crippen LogP contribution in [-0.4, -0.2) is 13.1 Å². The quantitative estimate of drug-likeness (QED) is 0.205. The van der Waals surface area contributed by atoms with Crippen LogP contribution in [0.25, 0.3) is 10.1 Å². The largest absolute Gasteiger partial charge is 0.372 e. The van der Waals surface area contributed by atoms with Crippen LogP contribution in [0.4, 0.5) is 32.8 Å². The highest BCUT2D eigenvalue weighted by Crippen LogP contribution is 2.32. The average molecular weight is 488 g/mol. The van der Waals surface area contributed by atoms with Gasteiger partial charge in [-0.1, -0.05) is 13.3 Å². The van der Waals surface area contributed by atoms with Crippen LogP contribution >= 0.6 is 11.3 Å². The third kappa shape index (κ3) is 6.36. The van der Waals surface area contributed by atoms with Crippen molar-refractivity contribution < 1.29 is 4.39 Å². The summed E-state index contributed by atoms with van der Waals surface area (Å²) < 4.78 is 15.8. The van der Waals surface area contributed by atoms with Crippen molar-refractivity contribution in [2.24, 2.45) is 20.5 Å². The lowest BCUT2D eigenvalue weighted by molar-refractivity contribution is 0.628. The van der Waals surface area contributed by atoms with Crippen molar-refractivity contribution in [2.75, 3.05) is 18.0 Å². The minimum atomic E-state index is -0.486. The molecule has 180 valence electrons. The lowest BCUT2D eigenvalue weighted by Crippen LogP contribution is -2.21. The molecule has 0 saturated heterocycles. The first kappa shape index (κ1) is 24.7. The Morgan fingerprint density at radius 1 is 0.743 bits per heavy atom. The Hall–Kier alpha value is -3.45. The second-order valence-corrected chi connectivity index (χ2v) is 9.43. The predicted octanol–water partition coefficient (Wildman–Crippen LogP) is 10.1. The highest BCUT2D eigenvalue weighted by atomic mass is 32.1. The number of rotatable bonds is 10. The first-order valence-corrected chi connectivity index (χ1v) is 12.9. The van der Waals surface area contributed by atoms with E-state index in [4.69, 9.17) is 0 Å². The molecule has 0 bridgehead atoms. The number of hydrogen-bond acceptors (Lipinski definition) is 6. The van der Waals surface area contributed by atoms with Gasteiger partial charge in [-0.25, -0.2) is 4.39 Å². The van der Waals surface area contributed by atoms with E-state index in [1.165, 1.54) is 28.5 Å². The fraction of sp³-hybridized carbons (Fsp3) is 0.286. The van der Waals surface area contributed by atoms with Crippen molar-refractivity contribution in [2.45, 2.75) is 40.0 Å². The number of thiophene rings is 1. The molecule has 0 atom stereocenters. The van der Waals surface area contributed by atoms with Gasteiger partial charge in [0.25, 0.3) is 0 Å². The molecule has 0 saturated carbocycles. The number of halogens is 1. The van der Waals surface area contributed by atoms with Gasteiger partial charge in [-0.3, -0.25) is 0 Å². The van der Waals surface area contributed by atoms with Gasteiger partial charge in [-0.15, -0.1) is 16.5 Å². The SMILES string of the molecule is CCCCc1cc2cc(N=Nc3ccc(N=Nc4ccc(N(CC)CC)cc4)cc3F)ccc2s1. The molecule has 0 amide bonds. The molecule has 0 aliphatic heterocycles. The standard InChI is InChI=1S/C28H30FN5S/c1-4-7-8-25-18-20-17-22(12-16-28(20)35-25)32-33-27-15-11-23(19-26(27)29)31-30-21-9-13-24(14-10-21)34(5-2)6-3/h9-19H,4-8H2,1-3H3. The Balaban J connectivity index is 1.43. The molecule has 1 aromatic heterocycles. The summed E-state index contributed by atoms with van der Waals surface area (Å²) in [6, 6.07) is 20.6. The molecule has 0 N–H and O–H groups in total. The Morgan fingerprint density at radius 2 is 1.40 bits per heavy atom. The fourth-order valence-corrected chi connectivity index (χ4v) is 4.89. The maximum absolute atomic E-state index is 14.6. The van der Waals surface area contributed by atoms with Crippen molar-refractivity contribution in [1.29, 1.82) is 0 Å². The van der Waals surface area contributed by atoms with Crippen molar-refractivity contribution in [3.05, 3.63) is 77.4 Å². The fourth-order valence-electron chi connectivity index (χ4n) is 3.81. The minimum absolute atomic E-state index is 0.168. The van der Waals surface area contributed by atoms with Gasteiger partial charge in [0.15, 0.2) is 5.82 Å². The van der Waals surface area contributed by atoms with Crippen LogP contribution in [0.3, 0.4) is 0 Å². The van der Waals surface area contributed by atoms with Gasteiger partial charge in [-0.05, 0) is 92.7 Å². The summed E-state index contributed by atoms with van der Waals surface area (Å²) in [5.41, 5.74) is 3.15. The molecule has 0 aliphatic carbocycles. The molecule has 0 aliphatic rings. The topological polar surface area (TPSA) is 52.7 Å². The van der Waals surface area contributed by atoms with Gasteiger partial charge in [0, 0.05) is 34.4 Å². The molecule has 35 heavy (non-hydrogen) atoms. The van der Waals surface area contributed by atoms with Gasteiger partial charge >= 0.3 is 0 Å². The van der Waals surface area contributed by atoms with Gasteiger partial charge < -0.3 is 4.90 Å². The number of azo groups is 2. The summed E-state index contributed by atoms with van der Waals surface area (Å²) in [7, 11) is 0. The van der Waals surface area contributed by atoms with Gasteiger partial charge in [0.05, 0.1) is 17.1 Å². The van der Waals surface area contributed by atoms with Gasteiger partial charge in [0.2, 0.25) is 0 Å². The monoisotopic (exact) mass is 487 g/mol. The Kier molecular flexibility index (Phi) is 8.32. The number of aryl methyl sites for hydroxylation is 1. The van der Waals surface area contributed by atoms with Crippen LogP contribution < -0.4 is 4.90 Å². The van der Waals surface area contributed by atoms with E-state index >= 15 is 0 Å². The van der Waals surface area contributed by atoms with Crippen molar-refractivity contribution in [1.82, 2.24) is 0 Å². The molecular formula is C28H30FN5S. The van der Waals surface area contributed by atoms with E-state index in [9.17, 15) is 4.39 Å². The number of fused-ring (bicyclic) bond motifs is 1. The van der Waals surface area contributed by atoms with Crippen molar-refractivity contribution >= 4 is 49.9 Å². The van der Waals surface area contributed by atoms with Crippen molar-refractivity contribution in [3.63, 3.8) is 0 Å². The van der Waals surface area contributed by atoms with Gasteiger partial charge in [0.1, 0.15) is 5.69 Å². The third-order valence-electron chi connectivity index (χ3n) is 5.79. The van der Waals surface area contributed by atoms with Crippen LogP contribution in [0.2, 0.25) is 0 Å². The van der Waals surface area contributed by atoms with E-state index in [1.54, 1.807) is 12.1 Å². The third-order valence-corrected chi connectivity index (χ3v) is 6.97. The molecule has 4 rings (SSSR count). The predicted molar refractivity (Wildman–Crippen MR) is 145 cm³/mol. The molecule has 7 heteroatoms. The lowest BCUT2D eigenvalue weighted by atomic mass is 10.2. The maximum atomic E-state index is 14.6. The summed E-state index contributed by atoms with van der Waals surface area (Å²) in [6.45, 7) is 8.35. The van der Waals surface area contributed by atoms with E-state index in [-0.39, 0.29) is 5.69 Å². The smallest absolute Gasteiger partial charge is 0.152 e. The number of hydrogen-bond donors (Lipinski definition) is 0. The van der Waals surface area contributed by atoms with Crippen molar-refractivity contribution in [3.8, 4) is 0 Å². The maximum Gasteiger partial charge on any atom is 0.152 e. The van der Waals surface area contributed by atoms with E-state index in [2.05, 4.69) is 58.3 Å². The molecule has 0 radical (unpaired) electrons. The molecule has 3 aromatic carbocycles. The minimum Gasteiger partial charge on any atom is -0.372 e. The second kappa shape index (κ2) is 11.8. The highest BCUT2D eigenvalue weighted by molar-refractivity contribution is 7.19. The van der Waals surface area contributed by atoms with E-state index < -0.39 is 5.82 Å². The van der Waals surface area contributed by atoms with E-state index in [0.717, 1.165) is 30.6 Å². The lowest BCUT2D eigenvalue weighted by Gasteiger charge is -2.20. The average Bonchev–Trinajstić information content (AvgIpc) is 3.29. The van der Waals surface area contributed by atoms with Crippen LogP contribution in [0.5, 0.6) is 0 Å². The molecule has 5 nitrogen and oxygen atoms in total. The van der Waals surface area contributed by atoms with Crippen LogP contribution in [0.15, 0.2) is 87.2 Å². The van der Waals surface area contributed by atoms with Crippen LogP contribution in [0.1, 0.15) is 38.5 Å². The van der Waals surface area contributed by atoms with Crippen LogP contribution in [-0.2, 0) is 6.42 Å². The zero-order valence-corrected chi connectivity index (χ0v) is 21.2. The highest BCUT2D eigenvalue weighted by Gasteiger charge is 2.06. The number of benzene rings is 3. The zero-order valence-electron chi connectivity index (χ0n) is 20.4. The Morgan fingerprint density at radius 3 is 2.11 bits per heavy atom. The molecule has 0 fully saturated rings. The summed E-state index contributed by atoms with van der Waals surface area (Å²) in [5.74, 6) is -0.486. The van der Waals surface area contributed by atoms with Crippen LogP contribution in [0, 0.1) is 5.82 Å². The first-order chi connectivity index (χ1) is 17.1. The summed E-state index contributed by atoms with van der Waals surface area (Å²) >= 11 is 1.82. The molecule has 1 heterocycles. The normalized spacial score (nSPS) is 11.8. The Bertz CT molecular complexity index is 1320. The number of unbranched alkanes of at least 4 members (excludes halogenated alkanes) is 1. The number of nitrogens with zero attached hydrogens (tertiary/aromatic N) is 5. The molecule has 4 aromatic rings. The van der Waals surface area contributed by atoms with E-state index in [1.807, 2.05) is 47.7 Å². The Labute approximate surface area is 210 Å². The molecular weight excluding hydrogens is 457 g/mol. The summed E-state index contributed by atoms with van der Waals surface area (Å²) in [4.78, 5) is 3.64. The molecule has 0 spiro atoms. The molecule has 0 unspecified atom stereocenters.